The second-order valence-corrected chi connectivity index (χ2v) is 5.44. The zero-order chi connectivity index (χ0) is 17.6. The Labute approximate surface area is 153 Å². The van der Waals surface area contributed by atoms with Crippen LogP contribution in [0, 0.1) is 0 Å². The molecule has 0 saturated heterocycles. The fourth-order valence-electron chi connectivity index (χ4n) is 1.99. The Hall–Kier alpha value is -1.62. The first-order valence-electron chi connectivity index (χ1n) is 8.35. The van der Waals surface area contributed by atoms with Crippen LogP contribution in [0.5, 0.6) is 0 Å². The second kappa shape index (κ2) is 14.7. The van der Waals surface area contributed by atoms with Crippen LogP contribution in [-0.4, -0.2) is 46.8 Å². The number of hydrogen-bond acceptors (Lipinski definition) is 4. The third-order valence-corrected chi connectivity index (χ3v) is 3.64. The average molecular weight is 350 g/mol. The van der Waals surface area contributed by atoms with Crippen molar-refractivity contribution in [2.75, 3.05) is 46.8 Å². The van der Waals surface area contributed by atoms with Gasteiger partial charge in [0.2, 0.25) is 0 Å². The Balaban J connectivity index is 0.00000576. The Morgan fingerprint density at radius 3 is 1.80 bits per heavy atom. The summed E-state index contributed by atoms with van der Waals surface area (Å²) >= 11 is 0. The number of hydrogen-bond donors (Lipinski definition) is 0. The molecule has 1 aromatic rings. The fraction of sp³-hybridized carbons (Fsp3) is 0.524. The van der Waals surface area contributed by atoms with Crippen molar-refractivity contribution in [3.05, 3.63) is 47.7 Å². The number of ether oxygens (including phenoxy) is 4. The van der Waals surface area contributed by atoms with Crippen LogP contribution in [-0.2, 0) is 18.9 Å². The Morgan fingerprint density at radius 2 is 1.28 bits per heavy atom. The van der Waals surface area contributed by atoms with Crippen LogP contribution in [0.15, 0.2) is 36.6 Å². The van der Waals surface area contributed by atoms with Gasteiger partial charge in [-0.25, -0.2) is 0 Å². The monoisotopic (exact) mass is 350 g/mol. The van der Waals surface area contributed by atoms with Crippen molar-refractivity contribution in [3.63, 3.8) is 0 Å². The smallest absolute Gasteiger partial charge is 0.111 e. The second-order valence-electron chi connectivity index (χ2n) is 5.44. The molecule has 0 N–H and O–H groups in total. The largest absolute Gasteiger partial charge is 0.498 e. The van der Waals surface area contributed by atoms with Gasteiger partial charge in [0, 0.05) is 7.11 Å². The third kappa shape index (κ3) is 10.1. The summed E-state index contributed by atoms with van der Waals surface area (Å²) in [6, 6.07) is 8.50. The van der Waals surface area contributed by atoms with Crippen LogP contribution in [0.1, 0.15) is 39.3 Å². The molecule has 0 aliphatic rings. The van der Waals surface area contributed by atoms with Crippen LogP contribution in [0.2, 0.25) is 0 Å². The van der Waals surface area contributed by atoms with Gasteiger partial charge in [-0.15, -0.1) is 0 Å². The van der Waals surface area contributed by atoms with Gasteiger partial charge < -0.3 is 18.9 Å². The summed E-state index contributed by atoms with van der Waals surface area (Å²) < 4.78 is 21.2. The predicted molar refractivity (Wildman–Crippen MR) is 106 cm³/mol. The Morgan fingerprint density at radius 1 is 0.800 bits per heavy atom. The summed E-state index contributed by atoms with van der Waals surface area (Å²) in [4.78, 5) is 0. The Kier molecular flexibility index (Phi) is 13.7. The minimum Gasteiger partial charge on any atom is -0.498 e. The zero-order valence-electron chi connectivity index (χ0n) is 15.3. The van der Waals surface area contributed by atoms with E-state index in [-0.39, 0.29) is 7.43 Å². The Bertz CT molecular complexity index is 503. The molecule has 0 amide bonds. The van der Waals surface area contributed by atoms with Gasteiger partial charge in [0.1, 0.15) is 6.61 Å². The minimum absolute atomic E-state index is 0. The van der Waals surface area contributed by atoms with Crippen LogP contribution < -0.4 is 0 Å². The highest BCUT2D eigenvalue weighted by molar-refractivity contribution is 5.68. The lowest BCUT2D eigenvalue weighted by molar-refractivity contribution is 0.0144. The van der Waals surface area contributed by atoms with Gasteiger partial charge in [0.25, 0.3) is 0 Å². The van der Waals surface area contributed by atoms with E-state index in [4.69, 9.17) is 18.9 Å². The minimum atomic E-state index is 0. The molecule has 0 radical (unpaired) electrons. The van der Waals surface area contributed by atoms with E-state index in [9.17, 15) is 0 Å². The SMILES string of the molecule is C.C/C=C(\C)c1ccc(/C(C)=C/OCCOCCOCCOC)cc1. The lowest BCUT2D eigenvalue weighted by Gasteiger charge is -2.07. The molecule has 0 spiro atoms. The van der Waals surface area contributed by atoms with Gasteiger partial charge >= 0.3 is 0 Å². The first-order valence-corrected chi connectivity index (χ1v) is 8.35. The average Bonchev–Trinajstić information content (AvgIpc) is 2.62. The number of allylic oxidation sites excluding steroid dienone is 3. The molecule has 1 rings (SSSR count). The van der Waals surface area contributed by atoms with Crippen molar-refractivity contribution in [1.82, 2.24) is 0 Å². The quantitative estimate of drug-likeness (QED) is 0.401. The third-order valence-electron chi connectivity index (χ3n) is 3.64. The highest BCUT2D eigenvalue weighted by Crippen LogP contribution is 2.18. The van der Waals surface area contributed by atoms with Gasteiger partial charge in [-0.05, 0) is 43.0 Å². The highest BCUT2D eigenvalue weighted by Gasteiger charge is 1.98. The molecule has 25 heavy (non-hydrogen) atoms. The molecule has 0 heterocycles. The van der Waals surface area contributed by atoms with Gasteiger partial charge in [0.15, 0.2) is 0 Å². The molecule has 0 bridgehead atoms. The fourth-order valence-corrected chi connectivity index (χ4v) is 1.99. The molecule has 0 atom stereocenters. The van der Waals surface area contributed by atoms with Gasteiger partial charge in [-0.1, -0.05) is 37.8 Å². The summed E-state index contributed by atoms with van der Waals surface area (Å²) in [6.45, 7) is 9.66. The number of benzene rings is 1. The van der Waals surface area contributed by atoms with Crippen molar-refractivity contribution in [2.24, 2.45) is 0 Å². The molecule has 142 valence electrons. The van der Waals surface area contributed by atoms with E-state index in [2.05, 4.69) is 44.2 Å². The van der Waals surface area contributed by atoms with E-state index in [1.54, 1.807) is 13.4 Å². The molecule has 0 fully saturated rings. The lowest BCUT2D eigenvalue weighted by atomic mass is 10.0. The maximum Gasteiger partial charge on any atom is 0.111 e. The zero-order valence-corrected chi connectivity index (χ0v) is 15.3. The molecule has 0 unspecified atom stereocenters. The van der Waals surface area contributed by atoms with Crippen LogP contribution in [0.4, 0.5) is 0 Å². The standard InChI is InChI=1S/C20H30O4.CH4/c1-5-17(2)19-6-8-20(9-7-19)18(3)16-24-15-14-23-13-12-22-11-10-21-4;/h5-9,16H,10-15H2,1-4H3;1H4/b17-5+,18-16+;. The van der Waals surface area contributed by atoms with Crippen LogP contribution in [0.25, 0.3) is 11.1 Å². The topological polar surface area (TPSA) is 36.9 Å². The van der Waals surface area contributed by atoms with Gasteiger partial charge in [-0.2, -0.15) is 0 Å². The van der Waals surface area contributed by atoms with Crippen LogP contribution in [0.3, 0.4) is 0 Å². The molecular weight excluding hydrogens is 316 g/mol. The van der Waals surface area contributed by atoms with E-state index < -0.39 is 0 Å². The highest BCUT2D eigenvalue weighted by atomic mass is 16.5. The maximum atomic E-state index is 5.53. The van der Waals surface area contributed by atoms with Crippen LogP contribution >= 0.6 is 0 Å². The summed E-state index contributed by atoms with van der Waals surface area (Å²) in [5.74, 6) is 0. The van der Waals surface area contributed by atoms with Crippen molar-refractivity contribution in [2.45, 2.75) is 28.2 Å². The predicted octanol–water partition coefficient (Wildman–Crippen LogP) is 4.80. The van der Waals surface area contributed by atoms with E-state index in [1.165, 1.54) is 11.1 Å². The summed E-state index contributed by atoms with van der Waals surface area (Å²) in [5.41, 5.74) is 4.79. The van der Waals surface area contributed by atoms with E-state index in [0.717, 1.165) is 11.1 Å². The van der Waals surface area contributed by atoms with Gasteiger partial charge in [-0.3, -0.25) is 0 Å². The molecule has 0 saturated carbocycles. The molecule has 4 nitrogen and oxygen atoms in total. The summed E-state index contributed by atoms with van der Waals surface area (Å²) in [5, 5.41) is 0. The molecule has 0 aliphatic carbocycles. The maximum absolute atomic E-state index is 5.53. The van der Waals surface area contributed by atoms with E-state index in [0.29, 0.717) is 39.6 Å². The molecule has 0 aromatic heterocycles. The van der Waals surface area contributed by atoms with E-state index in [1.807, 2.05) is 6.92 Å². The number of rotatable bonds is 12. The first-order chi connectivity index (χ1) is 11.7. The van der Waals surface area contributed by atoms with Gasteiger partial charge in [0.05, 0.1) is 39.3 Å². The van der Waals surface area contributed by atoms with Crippen molar-refractivity contribution < 1.29 is 18.9 Å². The summed E-state index contributed by atoms with van der Waals surface area (Å²) in [7, 11) is 1.66. The number of methoxy groups -OCH3 is 1. The lowest BCUT2D eigenvalue weighted by Crippen LogP contribution is -2.10. The van der Waals surface area contributed by atoms with Crippen molar-refractivity contribution in [3.8, 4) is 0 Å². The molecule has 1 aromatic carbocycles. The van der Waals surface area contributed by atoms with Crippen molar-refractivity contribution in [1.29, 1.82) is 0 Å². The summed E-state index contributed by atoms with van der Waals surface area (Å²) in [6.07, 6.45) is 3.90. The van der Waals surface area contributed by atoms with E-state index >= 15 is 0 Å². The molecule has 4 heteroatoms. The van der Waals surface area contributed by atoms with Crippen molar-refractivity contribution >= 4 is 11.1 Å². The normalized spacial score (nSPS) is 12.0. The molecule has 0 aliphatic heterocycles. The first kappa shape index (κ1) is 23.4. The molecular formula is C21H34O4.